The highest BCUT2D eigenvalue weighted by atomic mass is 16.5. The zero-order valence-corrected chi connectivity index (χ0v) is 14.5. The minimum Gasteiger partial charge on any atom is -0.497 e. The number of benzene rings is 1. The smallest absolute Gasteiger partial charge is 0.321 e. The Morgan fingerprint density at radius 3 is 2.56 bits per heavy atom. The van der Waals surface area contributed by atoms with Gasteiger partial charge in [-0.15, -0.1) is 0 Å². The third-order valence-corrected chi connectivity index (χ3v) is 4.09. The topological polar surface area (TPSA) is 88.9 Å². The van der Waals surface area contributed by atoms with E-state index in [0.29, 0.717) is 18.1 Å². The minimum atomic E-state index is -0.300. The van der Waals surface area contributed by atoms with Gasteiger partial charge in [0.25, 0.3) is 0 Å². The number of carbonyl (C=O) groups excluding carboxylic acids is 1. The maximum absolute atomic E-state index is 12.1. The molecule has 0 saturated carbocycles. The Hall–Kier alpha value is -2.90. The number of hydrogen-bond acceptors (Lipinski definition) is 6. The summed E-state index contributed by atoms with van der Waals surface area (Å²) in [5.41, 5.74) is 1.72. The molecule has 0 bridgehead atoms. The van der Waals surface area contributed by atoms with Crippen molar-refractivity contribution in [1.82, 2.24) is 10.5 Å². The molecule has 3 rings (SSSR count). The third-order valence-electron chi connectivity index (χ3n) is 4.09. The number of anilines is 2. The largest absolute Gasteiger partial charge is 0.497 e. The summed E-state index contributed by atoms with van der Waals surface area (Å²) >= 11 is 0. The lowest BCUT2D eigenvalue weighted by atomic mass is 10.2. The summed E-state index contributed by atoms with van der Waals surface area (Å²) in [7, 11) is 3.25. The molecule has 1 unspecified atom stereocenters. The number of aryl methyl sites for hydroxylation is 1. The van der Waals surface area contributed by atoms with Crippen LogP contribution in [0.4, 0.5) is 16.4 Å². The quantitative estimate of drug-likeness (QED) is 0.864. The van der Waals surface area contributed by atoms with Gasteiger partial charge in [0.1, 0.15) is 11.5 Å². The average molecular weight is 346 g/mol. The number of urea groups is 1. The molecule has 1 atom stereocenters. The molecule has 2 heterocycles. The van der Waals surface area contributed by atoms with Crippen LogP contribution in [0.25, 0.3) is 0 Å². The molecule has 1 aliphatic heterocycles. The number of carbonyl (C=O) groups is 1. The van der Waals surface area contributed by atoms with Crippen molar-refractivity contribution in [3.05, 3.63) is 30.0 Å². The van der Waals surface area contributed by atoms with E-state index in [1.54, 1.807) is 27.2 Å². The molecule has 1 fully saturated rings. The van der Waals surface area contributed by atoms with E-state index in [0.717, 1.165) is 30.2 Å². The minimum absolute atomic E-state index is 0.0428. The number of methoxy groups -OCH3 is 2. The lowest BCUT2D eigenvalue weighted by molar-refractivity contribution is 0.248. The van der Waals surface area contributed by atoms with E-state index in [1.807, 2.05) is 18.2 Å². The summed E-state index contributed by atoms with van der Waals surface area (Å²) in [6.07, 6.45) is 0.850. The second-order valence-electron chi connectivity index (χ2n) is 5.93. The molecular formula is C17H22N4O4. The zero-order chi connectivity index (χ0) is 17.8. The van der Waals surface area contributed by atoms with Crippen LogP contribution in [0.5, 0.6) is 11.5 Å². The van der Waals surface area contributed by atoms with Crippen LogP contribution in [-0.2, 0) is 0 Å². The fourth-order valence-corrected chi connectivity index (χ4v) is 2.84. The summed E-state index contributed by atoms with van der Waals surface area (Å²) in [5.74, 6) is 1.82. The number of amides is 2. The van der Waals surface area contributed by atoms with Crippen molar-refractivity contribution in [2.45, 2.75) is 19.4 Å². The molecule has 134 valence electrons. The van der Waals surface area contributed by atoms with E-state index < -0.39 is 0 Å². The van der Waals surface area contributed by atoms with Gasteiger partial charge >= 0.3 is 6.03 Å². The molecule has 2 aromatic rings. The average Bonchev–Trinajstić information content (AvgIpc) is 3.23. The first kappa shape index (κ1) is 16.9. The summed E-state index contributed by atoms with van der Waals surface area (Å²) in [6, 6.07) is 7.17. The summed E-state index contributed by atoms with van der Waals surface area (Å²) in [6.45, 7) is 3.34. The second kappa shape index (κ2) is 7.33. The Kier molecular flexibility index (Phi) is 4.97. The Morgan fingerprint density at radius 1 is 1.24 bits per heavy atom. The van der Waals surface area contributed by atoms with Crippen LogP contribution in [0, 0.1) is 6.92 Å². The molecule has 1 aromatic heterocycles. The first-order valence-electron chi connectivity index (χ1n) is 8.06. The molecule has 8 heteroatoms. The van der Waals surface area contributed by atoms with E-state index in [9.17, 15) is 4.79 Å². The van der Waals surface area contributed by atoms with E-state index in [2.05, 4.69) is 20.7 Å². The van der Waals surface area contributed by atoms with Crippen molar-refractivity contribution in [3.63, 3.8) is 0 Å². The van der Waals surface area contributed by atoms with Gasteiger partial charge in [-0.3, -0.25) is 5.32 Å². The van der Waals surface area contributed by atoms with Gasteiger partial charge < -0.3 is 24.2 Å². The first-order valence-corrected chi connectivity index (χ1v) is 8.06. The van der Waals surface area contributed by atoms with Crippen LogP contribution in [-0.4, -0.2) is 44.5 Å². The number of nitrogens with one attached hydrogen (secondary N) is 2. The second-order valence-corrected chi connectivity index (χ2v) is 5.93. The zero-order valence-electron chi connectivity index (χ0n) is 14.5. The van der Waals surface area contributed by atoms with Crippen molar-refractivity contribution >= 4 is 17.6 Å². The van der Waals surface area contributed by atoms with Crippen molar-refractivity contribution < 1.29 is 18.8 Å². The van der Waals surface area contributed by atoms with Crippen molar-refractivity contribution in [3.8, 4) is 11.5 Å². The van der Waals surface area contributed by atoms with Gasteiger partial charge in [0, 0.05) is 49.1 Å². The van der Waals surface area contributed by atoms with E-state index in [1.165, 1.54) is 0 Å². The van der Waals surface area contributed by atoms with Gasteiger partial charge in [-0.2, -0.15) is 0 Å². The normalized spacial score (nSPS) is 16.6. The molecule has 25 heavy (non-hydrogen) atoms. The van der Waals surface area contributed by atoms with Gasteiger partial charge in [-0.25, -0.2) is 4.79 Å². The fourth-order valence-electron chi connectivity index (χ4n) is 2.84. The molecule has 1 saturated heterocycles. The van der Waals surface area contributed by atoms with Crippen LogP contribution < -0.4 is 25.0 Å². The third kappa shape index (κ3) is 4.14. The molecule has 1 aromatic carbocycles. The Balaban J connectivity index is 1.59. The molecule has 1 aliphatic rings. The Labute approximate surface area is 146 Å². The molecule has 2 N–H and O–H groups in total. The van der Waals surface area contributed by atoms with Crippen LogP contribution in [0.1, 0.15) is 12.1 Å². The number of hydrogen-bond donors (Lipinski definition) is 2. The maximum atomic E-state index is 12.1. The van der Waals surface area contributed by atoms with E-state index in [4.69, 9.17) is 14.0 Å². The number of ether oxygens (including phenoxy) is 2. The number of rotatable bonds is 5. The fraction of sp³-hybridized carbons (Fsp3) is 0.412. The van der Waals surface area contributed by atoms with Gasteiger partial charge in [0.05, 0.1) is 19.9 Å². The summed E-state index contributed by atoms with van der Waals surface area (Å²) < 4.78 is 15.6. The van der Waals surface area contributed by atoms with Crippen LogP contribution in [0.2, 0.25) is 0 Å². The SMILES string of the molecule is COc1cc(OC)cc(N2CCC(NC(=O)Nc3cc(C)no3)C2)c1. The van der Waals surface area contributed by atoms with Gasteiger partial charge in [-0.1, -0.05) is 5.16 Å². The van der Waals surface area contributed by atoms with Crippen LogP contribution >= 0.6 is 0 Å². The summed E-state index contributed by atoms with van der Waals surface area (Å²) in [5, 5.41) is 9.33. The number of nitrogens with zero attached hydrogens (tertiary/aromatic N) is 2. The lowest BCUT2D eigenvalue weighted by Gasteiger charge is -2.20. The Bertz CT molecular complexity index is 724. The highest BCUT2D eigenvalue weighted by Crippen LogP contribution is 2.30. The standard InChI is InChI=1S/C17H22N4O4/c1-11-6-16(25-20-11)19-17(22)18-12-4-5-21(10-12)13-7-14(23-2)9-15(8-13)24-3/h6-9,12H,4-5,10H2,1-3H3,(H2,18,19,22). The highest BCUT2D eigenvalue weighted by Gasteiger charge is 2.25. The number of aromatic nitrogens is 1. The molecule has 0 spiro atoms. The predicted molar refractivity (Wildman–Crippen MR) is 93.6 cm³/mol. The van der Waals surface area contributed by atoms with E-state index >= 15 is 0 Å². The van der Waals surface area contributed by atoms with Gasteiger partial charge in [0.2, 0.25) is 5.88 Å². The van der Waals surface area contributed by atoms with E-state index in [-0.39, 0.29) is 12.1 Å². The maximum Gasteiger partial charge on any atom is 0.321 e. The molecular weight excluding hydrogens is 324 g/mol. The van der Waals surface area contributed by atoms with Crippen molar-refractivity contribution in [1.29, 1.82) is 0 Å². The van der Waals surface area contributed by atoms with Crippen molar-refractivity contribution in [2.24, 2.45) is 0 Å². The Morgan fingerprint density at radius 2 is 1.96 bits per heavy atom. The molecule has 2 amide bonds. The monoisotopic (exact) mass is 346 g/mol. The van der Waals surface area contributed by atoms with Gasteiger partial charge in [0.15, 0.2) is 0 Å². The summed E-state index contributed by atoms with van der Waals surface area (Å²) in [4.78, 5) is 14.2. The lowest BCUT2D eigenvalue weighted by Crippen LogP contribution is -2.39. The first-order chi connectivity index (χ1) is 12.1. The molecule has 0 radical (unpaired) electrons. The van der Waals surface area contributed by atoms with Gasteiger partial charge in [-0.05, 0) is 13.3 Å². The predicted octanol–water partition coefficient (Wildman–Crippen LogP) is 2.40. The van der Waals surface area contributed by atoms with Crippen molar-refractivity contribution in [2.75, 3.05) is 37.5 Å². The molecule has 8 nitrogen and oxygen atoms in total. The highest BCUT2D eigenvalue weighted by molar-refractivity contribution is 5.88. The van der Waals surface area contributed by atoms with Crippen LogP contribution in [0.3, 0.4) is 0 Å². The van der Waals surface area contributed by atoms with Crippen LogP contribution in [0.15, 0.2) is 28.8 Å². The molecule has 0 aliphatic carbocycles.